The monoisotopic (exact) mass is 256 g/mol. The number of thiocarbonyl (C=S) groups is 1. The maximum absolute atomic E-state index is 11.4. The molecular weight excluding hydrogens is 236 g/mol. The number of nitrogens with zero attached hydrogens (tertiary/aromatic N) is 2. The quantitative estimate of drug-likeness (QED) is 0.335. The van der Waals surface area contributed by atoms with E-state index in [0.29, 0.717) is 5.92 Å². The molecule has 0 N–H and O–H groups in total. The van der Waals surface area contributed by atoms with Crippen molar-refractivity contribution in [2.45, 2.75) is 25.7 Å². The lowest BCUT2D eigenvalue weighted by Crippen LogP contribution is -2.25. The Balaban J connectivity index is 2.41. The maximum atomic E-state index is 11.4. The molecule has 1 aliphatic rings. The Morgan fingerprint density at radius 1 is 1.29 bits per heavy atom. The molecule has 1 fully saturated rings. The molecule has 1 rings (SSSR count). The molecular formula is C12H20N2O2S. The van der Waals surface area contributed by atoms with Gasteiger partial charge < -0.3 is 9.64 Å². The van der Waals surface area contributed by atoms with Crippen molar-refractivity contribution in [1.82, 2.24) is 4.90 Å². The van der Waals surface area contributed by atoms with E-state index in [1.165, 1.54) is 7.11 Å². The third-order valence-electron chi connectivity index (χ3n) is 3.03. The number of rotatable bonds is 3. The molecule has 0 atom stereocenters. The maximum Gasteiger partial charge on any atom is 0.308 e. The van der Waals surface area contributed by atoms with Crippen molar-refractivity contribution in [1.29, 1.82) is 0 Å². The Bertz CT molecular complexity index is 308. The fraction of sp³-hybridized carbons (Fsp3) is 0.750. The van der Waals surface area contributed by atoms with Crippen LogP contribution in [0.25, 0.3) is 0 Å². The van der Waals surface area contributed by atoms with Crippen LogP contribution < -0.4 is 0 Å². The van der Waals surface area contributed by atoms with E-state index in [2.05, 4.69) is 4.99 Å². The van der Waals surface area contributed by atoms with Crippen LogP contribution in [-0.2, 0) is 9.53 Å². The summed E-state index contributed by atoms with van der Waals surface area (Å²) in [7, 11) is 5.28. The van der Waals surface area contributed by atoms with Crippen molar-refractivity contribution in [3.8, 4) is 0 Å². The minimum Gasteiger partial charge on any atom is -0.469 e. The van der Waals surface area contributed by atoms with Crippen LogP contribution in [0.3, 0.4) is 0 Å². The molecule has 0 aromatic heterocycles. The van der Waals surface area contributed by atoms with Crippen LogP contribution in [-0.4, -0.2) is 43.4 Å². The lowest BCUT2D eigenvalue weighted by molar-refractivity contribution is -0.146. The predicted octanol–water partition coefficient (Wildman–Crippen LogP) is 1.88. The molecule has 4 nitrogen and oxygen atoms in total. The van der Waals surface area contributed by atoms with Crippen molar-refractivity contribution in [2.24, 2.45) is 16.8 Å². The molecule has 1 saturated carbocycles. The van der Waals surface area contributed by atoms with E-state index in [1.807, 2.05) is 19.0 Å². The van der Waals surface area contributed by atoms with Crippen molar-refractivity contribution >= 4 is 29.5 Å². The largest absolute Gasteiger partial charge is 0.469 e. The number of hydrogen-bond donors (Lipinski definition) is 0. The van der Waals surface area contributed by atoms with Gasteiger partial charge in [0.2, 0.25) is 0 Å². The van der Waals surface area contributed by atoms with Gasteiger partial charge in [-0.1, -0.05) is 12.2 Å². The molecule has 0 unspecified atom stereocenters. The number of esters is 1. The molecule has 5 heteroatoms. The summed E-state index contributed by atoms with van der Waals surface area (Å²) >= 11 is 5.28. The molecule has 0 aromatic carbocycles. The average molecular weight is 256 g/mol. The van der Waals surface area contributed by atoms with Gasteiger partial charge in [0, 0.05) is 20.0 Å². The van der Waals surface area contributed by atoms with E-state index in [0.717, 1.165) is 30.7 Å². The van der Waals surface area contributed by atoms with Crippen molar-refractivity contribution in [3.63, 3.8) is 0 Å². The van der Waals surface area contributed by atoms with Crippen molar-refractivity contribution in [2.75, 3.05) is 21.2 Å². The van der Waals surface area contributed by atoms with Crippen LogP contribution >= 0.6 is 12.2 Å². The number of methoxy groups -OCH3 is 1. The molecule has 96 valence electrons. The first-order valence-corrected chi connectivity index (χ1v) is 6.27. The van der Waals surface area contributed by atoms with E-state index in [-0.39, 0.29) is 11.9 Å². The third-order valence-corrected chi connectivity index (χ3v) is 3.47. The van der Waals surface area contributed by atoms with Gasteiger partial charge in [-0.15, -0.1) is 0 Å². The third kappa shape index (κ3) is 4.42. The summed E-state index contributed by atoms with van der Waals surface area (Å²) in [6.07, 6.45) is 5.31. The first-order chi connectivity index (χ1) is 8.04. The summed E-state index contributed by atoms with van der Waals surface area (Å²) in [5.74, 6) is 0.296. The molecule has 0 heterocycles. The SMILES string of the molecule is COC(=O)C1CCC(C(=S)N=CN(C)C)CC1. The highest BCUT2D eigenvalue weighted by Crippen LogP contribution is 2.30. The summed E-state index contributed by atoms with van der Waals surface area (Å²) in [5.41, 5.74) is 0. The molecule has 17 heavy (non-hydrogen) atoms. The number of aliphatic imine (C=N–C) groups is 1. The van der Waals surface area contributed by atoms with Gasteiger partial charge in [-0.2, -0.15) is 0 Å². The zero-order chi connectivity index (χ0) is 12.8. The number of hydrogen-bond acceptors (Lipinski definition) is 3. The normalized spacial score (nSPS) is 24.6. The van der Waals surface area contributed by atoms with Crippen molar-refractivity contribution in [3.05, 3.63) is 0 Å². The van der Waals surface area contributed by atoms with Gasteiger partial charge in [-0.25, -0.2) is 4.99 Å². The van der Waals surface area contributed by atoms with Gasteiger partial charge in [0.15, 0.2) is 0 Å². The molecule has 0 aromatic rings. The summed E-state index contributed by atoms with van der Waals surface area (Å²) in [6, 6.07) is 0. The van der Waals surface area contributed by atoms with Crippen LogP contribution in [0.15, 0.2) is 4.99 Å². The second kappa shape index (κ2) is 6.69. The predicted molar refractivity (Wildman–Crippen MR) is 72.2 cm³/mol. The summed E-state index contributed by atoms with van der Waals surface area (Å²) in [6.45, 7) is 0. The first-order valence-electron chi connectivity index (χ1n) is 5.87. The van der Waals surface area contributed by atoms with Crippen LogP contribution in [0.4, 0.5) is 0 Å². The van der Waals surface area contributed by atoms with Gasteiger partial charge in [0.05, 0.1) is 19.4 Å². The molecule has 0 spiro atoms. The molecule has 0 saturated heterocycles. The van der Waals surface area contributed by atoms with E-state index in [1.54, 1.807) is 6.34 Å². The Kier molecular flexibility index (Phi) is 5.55. The van der Waals surface area contributed by atoms with E-state index in [9.17, 15) is 4.79 Å². The van der Waals surface area contributed by atoms with Gasteiger partial charge in [0.25, 0.3) is 0 Å². The summed E-state index contributed by atoms with van der Waals surface area (Å²) in [4.78, 5) is 18.2. The first kappa shape index (κ1) is 14.1. The molecule has 0 amide bonds. The minimum absolute atomic E-state index is 0.0527. The van der Waals surface area contributed by atoms with Gasteiger partial charge in [0.1, 0.15) is 4.99 Å². The number of ether oxygens (including phenoxy) is 1. The van der Waals surface area contributed by atoms with Crippen LogP contribution in [0.1, 0.15) is 25.7 Å². The standard InChI is InChI=1S/C12H20N2O2S/c1-14(2)8-13-11(17)9-4-6-10(7-5-9)12(15)16-3/h8-10H,4-7H2,1-3H3. The van der Waals surface area contributed by atoms with E-state index in [4.69, 9.17) is 17.0 Å². The lowest BCUT2D eigenvalue weighted by atomic mass is 9.82. The fourth-order valence-corrected chi connectivity index (χ4v) is 2.30. The highest BCUT2D eigenvalue weighted by Gasteiger charge is 2.28. The number of carbonyl (C=O) groups is 1. The second-order valence-electron chi connectivity index (χ2n) is 4.62. The van der Waals surface area contributed by atoms with E-state index >= 15 is 0 Å². The fourth-order valence-electron chi connectivity index (χ4n) is 2.02. The molecule has 0 aliphatic heterocycles. The highest BCUT2D eigenvalue weighted by molar-refractivity contribution is 7.80. The topological polar surface area (TPSA) is 41.9 Å². The highest BCUT2D eigenvalue weighted by atomic mass is 32.1. The van der Waals surface area contributed by atoms with Crippen LogP contribution in [0.2, 0.25) is 0 Å². The Morgan fingerprint density at radius 3 is 2.29 bits per heavy atom. The number of carbonyl (C=O) groups excluding carboxylic acids is 1. The molecule has 0 bridgehead atoms. The van der Waals surface area contributed by atoms with Crippen LogP contribution in [0.5, 0.6) is 0 Å². The Hall–Kier alpha value is -0.970. The Labute approximate surface area is 108 Å². The van der Waals surface area contributed by atoms with Gasteiger partial charge in [-0.3, -0.25) is 4.79 Å². The molecule has 1 aliphatic carbocycles. The summed E-state index contributed by atoms with van der Waals surface area (Å²) in [5, 5.41) is 0. The Morgan fingerprint density at radius 2 is 1.82 bits per heavy atom. The second-order valence-corrected chi connectivity index (χ2v) is 5.04. The van der Waals surface area contributed by atoms with E-state index < -0.39 is 0 Å². The minimum atomic E-state index is -0.0915. The average Bonchev–Trinajstić information content (AvgIpc) is 2.35. The van der Waals surface area contributed by atoms with Gasteiger partial charge >= 0.3 is 5.97 Å². The van der Waals surface area contributed by atoms with Crippen molar-refractivity contribution < 1.29 is 9.53 Å². The lowest BCUT2D eigenvalue weighted by Gasteiger charge is -2.25. The molecule has 0 radical (unpaired) electrons. The zero-order valence-electron chi connectivity index (χ0n) is 10.7. The van der Waals surface area contributed by atoms with Crippen LogP contribution in [0, 0.1) is 11.8 Å². The summed E-state index contributed by atoms with van der Waals surface area (Å²) < 4.78 is 4.76. The zero-order valence-corrected chi connectivity index (χ0v) is 11.5. The smallest absolute Gasteiger partial charge is 0.308 e. The van der Waals surface area contributed by atoms with Gasteiger partial charge in [-0.05, 0) is 25.7 Å².